The van der Waals surface area contributed by atoms with Crippen LogP contribution in [0.25, 0.3) is 28.1 Å². The van der Waals surface area contributed by atoms with E-state index in [0.29, 0.717) is 5.15 Å². The number of pyridine rings is 2. The van der Waals surface area contributed by atoms with Gasteiger partial charge in [0.1, 0.15) is 16.5 Å². The van der Waals surface area contributed by atoms with E-state index in [0.717, 1.165) is 66.8 Å². The monoisotopic (exact) mass is 419 g/mol. The summed E-state index contributed by atoms with van der Waals surface area (Å²) in [5.41, 5.74) is 5.83. The zero-order valence-corrected chi connectivity index (χ0v) is 17.5. The van der Waals surface area contributed by atoms with Crippen molar-refractivity contribution in [2.45, 2.75) is 13.5 Å². The molecule has 6 nitrogen and oxygen atoms in total. The average molecular weight is 420 g/mol. The second kappa shape index (κ2) is 8.14. The van der Waals surface area contributed by atoms with Crippen LogP contribution in [0.4, 0.5) is 0 Å². The molecular weight excluding hydrogens is 398 g/mol. The van der Waals surface area contributed by atoms with Gasteiger partial charge in [0.25, 0.3) is 0 Å². The SMILES string of the molecule is Cc1nc2ccc(-c3ccnc(Cl)c3)nc2n1-c1ccc(CN2CCOCC2)cc1. The van der Waals surface area contributed by atoms with Crippen molar-refractivity contribution in [1.82, 2.24) is 24.4 Å². The second-order valence-electron chi connectivity index (χ2n) is 7.46. The van der Waals surface area contributed by atoms with Crippen LogP contribution in [0.1, 0.15) is 11.4 Å². The number of imidazole rings is 1. The first-order valence-electron chi connectivity index (χ1n) is 10.0. The topological polar surface area (TPSA) is 56.1 Å². The standard InChI is InChI=1S/C23H22ClN5O/c1-16-26-21-7-6-20(18-8-9-25-22(24)14-18)27-23(21)29(16)19-4-2-17(3-5-19)15-28-10-12-30-13-11-28/h2-9,14H,10-13,15H2,1H3. The molecule has 1 saturated heterocycles. The predicted molar refractivity (Wildman–Crippen MR) is 118 cm³/mol. The molecule has 0 unspecified atom stereocenters. The molecule has 7 heteroatoms. The van der Waals surface area contributed by atoms with Crippen LogP contribution >= 0.6 is 11.6 Å². The maximum Gasteiger partial charge on any atom is 0.165 e. The number of benzene rings is 1. The number of morpholine rings is 1. The number of aromatic nitrogens is 4. The molecule has 1 aromatic carbocycles. The molecule has 0 amide bonds. The fourth-order valence-electron chi connectivity index (χ4n) is 3.87. The highest BCUT2D eigenvalue weighted by molar-refractivity contribution is 6.29. The first kappa shape index (κ1) is 19.2. The van der Waals surface area contributed by atoms with Crippen LogP contribution in [0.3, 0.4) is 0 Å². The lowest BCUT2D eigenvalue weighted by molar-refractivity contribution is 0.0342. The highest BCUT2D eigenvalue weighted by atomic mass is 35.5. The predicted octanol–water partition coefficient (Wildman–Crippen LogP) is 4.28. The quantitative estimate of drug-likeness (QED) is 0.462. The Morgan fingerprint density at radius 1 is 1.00 bits per heavy atom. The van der Waals surface area contributed by atoms with E-state index in [1.807, 2.05) is 31.2 Å². The molecule has 1 fully saturated rings. The van der Waals surface area contributed by atoms with Crippen LogP contribution in [-0.4, -0.2) is 50.7 Å². The van der Waals surface area contributed by atoms with Crippen LogP contribution in [0.2, 0.25) is 5.15 Å². The van der Waals surface area contributed by atoms with Gasteiger partial charge >= 0.3 is 0 Å². The van der Waals surface area contributed by atoms with Gasteiger partial charge in [-0.1, -0.05) is 23.7 Å². The molecule has 4 heterocycles. The van der Waals surface area contributed by atoms with Gasteiger partial charge in [-0.3, -0.25) is 9.47 Å². The summed E-state index contributed by atoms with van der Waals surface area (Å²) in [6, 6.07) is 16.4. The highest BCUT2D eigenvalue weighted by Crippen LogP contribution is 2.25. The Bertz CT molecular complexity index is 1180. The number of ether oxygens (including phenoxy) is 1. The van der Waals surface area contributed by atoms with Crippen LogP contribution in [0.15, 0.2) is 54.7 Å². The van der Waals surface area contributed by atoms with Crippen molar-refractivity contribution < 1.29 is 4.74 Å². The Kier molecular flexibility index (Phi) is 5.21. The molecule has 0 bridgehead atoms. The van der Waals surface area contributed by atoms with Crippen molar-refractivity contribution in [3.8, 4) is 16.9 Å². The van der Waals surface area contributed by atoms with Crippen molar-refractivity contribution in [2.24, 2.45) is 0 Å². The van der Waals surface area contributed by atoms with E-state index in [9.17, 15) is 0 Å². The minimum atomic E-state index is 0.454. The average Bonchev–Trinajstić information content (AvgIpc) is 3.10. The number of nitrogens with zero attached hydrogens (tertiary/aromatic N) is 5. The van der Waals surface area contributed by atoms with E-state index in [1.165, 1.54) is 5.56 Å². The summed E-state index contributed by atoms with van der Waals surface area (Å²) < 4.78 is 7.54. The fraction of sp³-hybridized carbons (Fsp3) is 0.261. The summed E-state index contributed by atoms with van der Waals surface area (Å²) in [6.07, 6.45) is 1.69. The number of hydrogen-bond acceptors (Lipinski definition) is 5. The third-order valence-electron chi connectivity index (χ3n) is 5.40. The number of hydrogen-bond donors (Lipinski definition) is 0. The number of halogens is 1. The maximum absolute atomic E-state index is 6.06. The van der Waals surface area contributed by atoms with Crippen molar-refractivity contribution >= 4 is 22.8 Å². The largest absolute Gasteiger partial charge is 0.379 e. The normalized spacial score (nSPS) is 15.0. The van der Waals surface area contributed by atoms with E-state index in [1.54, 1.807) is 6.20 Å². The Hall–Kier alpha value is -2.80. The molecule has 3 aromatic heterocycles. The summed E-state index contributed by atoms with van der Waals surface area (Å²) in [7, 11) is 0. The van der Waals surface area contributed by atoms with Gasteiger partial charge in [-0.05, 0) is 48.9 Å². The number of aryl methyl sites for hydroxylation is 1. The molecule has 30 heavy (non-hydrogen) atoms. The lowest BCUT2D eigenvalue weighted by atomic mass is 10.1. The first-order chi connectivity index (χ1) is 14.7. The van der Waals surface area contributed by atoms with E-state index in [-0.39, 0.29) is 0 Å². The molecule has 5 rings (SSSR count). The molecule has 0 spiro atoms. The van der Waals surface area contributed by atoms with Crippen LogP contribution in [0, 0.1) is 6.92 Å². The van der Waals surface area contributed by atoms with Crippen LogP contribution in [-0.2, 0) is 11.3 Å². The Labute approximate surface area is 180 Å². The van der Waals surface area contributed by atoms with Gasteiger partial charge in [0.15, 0.2) is 5.65 Å². The molecule has 4 aromatic rings. The molecular formula is C23H22ClN5O. The van der Waals surface area contributed by atoms with E-state index in [4.69, 9.17) is 26.3 Å². The van der Waals surface area contributed by atoms with E-state index in [2.05, 4.69) is 38.7 Å². The van der Waals surface area contributed by atoms with Gasteiger partial charge in [-0.2, -0.15) is 0 Å². The third kappa shape index (κ3) is 3.81. The number of rotatable bonds is 4. The number of fused-ring (bicyclic) bond motifs is 1. The molecule has 0 N–H and O–H groups in total. The molecule has 0 radical (unpaired) electrons. The summed E-state index contributed by atoms with van der Waals surface area (Å²) >= 11 is 6.06. The zero-order chi connectivity index (χ0) is 20.5. The second-order valence-corrected chi connectivity index (χ2v) is 7.84. The van der Waals surface area contributed by atoms with Gasteiger partial charge in [0, 0.05) is 37.1 Å². The molecule has 1 aliphatic rings. The van der Waals surface area contributed by atoms with Gasteiger partial charge in [0.05, 0.1) is 18.9 Å². The maximum atomic E-state index is 6.06. The van der Waals surface area contributed by atoms with E-state index >= 15 is 0 Å². The minimum Gasteiger partial charge on any atom is -0.379 e. The molecule has 0 saturated carbocycles. The molecule has 0 aliphatic carbocycles. The molecule has 0 atom stereocenters. The first-order valence-corrected chi connectivity index (χ1v) is 10.4. The van der Waals surface area contributed by atoms with Crippen LogP contribution < -0.4 is 0 Å². The molecule has 1 aliphatic heterocycles. The van der Waals surface area contributed by atoms with Crippen molar-refractivity contribution in [1.29, 1.82) is 0 Å². The highest BCUT2D eigenvalue weighted by Gasteiger charge is 2.14. The molecule has 152 valence electrons. The Morgan fingerprint density at radius 3 is 2.57 bits per heavy atom. The van der Waals surface area contributed by atoms with Crippen LogP contribution in [0.5, 0.6) is 0 Å². The van der Waals surface area contributed by atoms with Crippen molar-refractivity contribution in [2.75, 3.05) is 26.3 Å². The Morgan fingerprint density at radius 2 is 1.80 bits per heavy atom. The van der Waals surface area contributed by atoms with Gasteiger partial charge in [0.2, 0.25) is 0 Å². The van der Waals surface area contributed by atoms with Gasteiger partial charge in [-0.25, -0.2) is 15.0 Å². The summed E-state index contributed by atoms with van der Waals surface area (Å²) in [4.78, 5) is 16.1. The fourth-order valence-corrected chi connectivity index (χ4v) is 4.04. The third-order valence-corrected chi connectivity index (χ3v) is 5.61. The lowest BCUT2D eigenvalue weighted by Gasteiger charge is -2.26. The van der Waals surface area contributed by atoms with Crippen molar-refractivity contribution in [3.05, 3.63) is 71.3 Å². The Balaban J connectivity index is 1.48. The van der Waals surface area contributed by atoms with Crippen molar-refractivity contribution in [3.63, 3.8) is 0 Å². The minimum absolute atomic E-state index is 0.454. The van der Waals surface area contributed by atoms with Gasteiger partial charge < -0.3 is 4.74 Å². The summed E-state index contributed by atoms with van der Waals surface area (Å²) in [5.74, 6) is 0.906. The van der Waals surface area contributed by atoms with E-state index < -0.39 is 0 Å². The summed E-state index contributed by atoms with van der Waals surface area (Å²) in [6.45, 7) is 6.55. The smallest absolute Gasteiger partial charge is 0.165 e. The van der Waals surface area contributed by atoms with Gasteiger partial charge in [-0.15, -0.1) is 0 Å². The summed E-state index contributed by atoms with van der Waals surface area (Å²) in [5, 5.41) is 0.454. The zero-order valence-electron chi connectivity index (χ0n) is 16.8. The lowest BCUT2D eigenvalue weighted by Crippen LogP contribution is -2.35.